The highest BCUT2D eigenvalue weighted by molar-refractivity contribution is 8.14. The number of likely N-dealkylation sites (tertiary alicyclic amines) is 2. The van der Waals surface area contributed by atoms with Crippen molar-refractivity contribution in [3.63, 3.8) is 0 Å². The molecule has 3 saturated heterocycles. The Hall–Kier alpha value is -2.42. The lowest BCUT2D eigenvalue weighted by atomic mass is 9.78. The lowest BCUT2D eigenvalue weighted by Crippen LogP contribution is -2.48. The summed E-state index contributed by atoms with van der Waals surface area (Å²) in [6, 6.07) is 6.84. The maximum Gasteiger partial charge on any atom is 0.321 e. The van der Waals surface area contributed by atoms with Crippen molar-refractivity contribution in [1.82, 2.24) is 15.1 Å². The Kier molecular flexibility index (Phi) is 5.58. The second kappa shape index (κ2) is 8.14. The molecular weight excluding hydrogens is 392 g/mol. The summed E-state index contributed by atoms with van der Waals surface area (Å²) in [6.45, 7) is 2.77. The third-order valence-corrected chi connectivity index (χ3v) is 7.06. The van der Waals surface area contributed by atoms with Gasteiger partial charge in [0.15, 0.2) is 0 Å². The lowest BCUT2D eigenvalue weighted by molar-refractivity contribution is -0.132. The van der Waals surface area contributed by atoms with Crippen molar-refractivity contribution in [3.05, 3.63) is 24.3 Å². The number of ether oxygens (including phenoxy) is 1. The molecule has 8 nitrogen and oxygen atoms in total. The van der Waals surface area contributed by atoms with Crippen LogP contribution in [0.1, 0.15) is 19.3 Å². The number of piperidine rings is 1. The topological polar surface area (TPSA) is 91.0 Å². The number of carbonyl (C=O) groups excluding carboxylic acids is 3. The van der Waals surface area contributed by atoms with Crippen LogP contribution in [0.3, 0.4) is 0 Å². The number of anilines is 1. The Morgan fingerprint density at radius 2 is 1.86 bits per heavy atom. The number of thioether (sulfide) groups is 1. The zero-order valence-electron chi connectivity index (χ0n) is 16.5. The summed E-state index contributed by atoms with van der Waals surface area (Å²) in [6.07, 6.45) is 2.71. The normalized spacial score (nSPS) is 23.2. The van der Waals surface area contributed by atoms with Crippen LogP contribution in [0, 0.1) is 5.41 Å². The van der Waals surface area contributed by atoms with Gasteiger partial charge in [0.25, 0.3) is 5.24 Å². The molecule has 1 atom stereocenters. The van der Waals surface area contributed by atoms with E-state index in [9.17, 15) is 14.4 Å². The molecule has 2 N–H and O–H groups in total. The molecule has 3 heterocycles. The fourth-order valence-corrected chi connectivity index (χ4v) is 5.17. The quantitative estimate of drug-likeness (QED) is 0.786. The maximum absolute atomic E-state index is 12.7. The van der Waals surface area contributed by atoms with Crippen molar-refractivity contribution in [2.45, 2.75) is 25.3 Å². The van der Waals surface area contributed by atoms with Crippen molar-refractivity contribution in [3.8, 4) is 5.75 Å². The zero-order chi connectivity index (χ0) is 20.4. The van der Waals surface area contributed by atoms with Crippen molar-refractivity contribution < 1.29 is 19.1 Å². The molecule has 4 rings (SSSR count). The summed E-state index contributed by atoms with van der Waals surface area (Å²) in [5.41, 5.74) is 0.738. The molecule has 1 unspecified atom stereocenters. The third kappa shape index (κ3) is 4.14. The third-order valence-electron chi connectivity index (χ3n) is 6.18. The van der Waals surface area contributed by atoms with Gasteiger partial charge in [-0.3, -0.25) is 9.59 Å². The SMILES string of the molecule is COc1ccccc1NC(=O)N1CCC2(CC1)CCN(C(=O)C1CSC(=O)N1)C2. The number of hydrogen-bond donors (Lipinski definition) is 2. The average molecular weight is 419 g/mol. The molecule has 156 valence electrons. The summed E-state index contributed by atoms with van der Waals surface area (Å²) in [5.74, 6) is 1.17. The van der Waals surface area contributed by atoms with Crippen LogP contribution in [-0.4, -0.2) is 72.1 Å². The van der Waals surface area contributed by atoms with Crippen LogP contribution in [0.4, 0.5) is 15.3 Å². The maximum atomic E-state index is 12.7. The van der Waals surface area contributed by atoms with Gasteiger partial charge in [-0.05, 0) is 36.8 Å². The van der Waals surface area contributed by atoms with E-state index < -0.39 is 6.04 Å². The van der Waals surface area contributed by atoms with E-state index in [4.69, 9.17) is 4.74 Å². The Labute approximate surface area is 174 Å². The molecule has 0 aromatic heterocycles. The standard InChI is InChI=1S/C20H26N4O4S/c1-28-16-5-3-2-4-14(16)21-18(26)23-9-6-20(7-10-23)8-11-24(13-20)17(25)15-12-29-19(27)22-15/h2-5,15H,6-13H2,1H3,(H,21,26)(H,22,27). The second-order valence-corrected chi connectivity index (χ2v) is 8.92. The predicted molar refractivity (Wildman–Crippen MR) is 111 cm³/mol. The van der Waals surface area contributed by atoms with Crippen molar-refractivity contribution in [2.75, 3.05) is 44.4 Å². The zero-order valence-corrected chi connectivity index (χ0v) is 17.3. The van der Waals surface area contributed by atoms with E-state index in [2.05, 4.69) is 10.6 Å². The summed E-state index contributed by atoms with van der Waals surface area (Å²) < 4.78 is 5.29. The van der Waals surface area contributed by atoms with Gasteiger partial charge in [-0.15, -0.1) is 0 Å². The van der Waals surface area contributed by atoms with Crippen LogP contribution in [-0.2, 0) is 4.79 Å². The number of amides is 4. The van der Waals surface area contributed by atoms with Crippen molar-refractivity contribution >= 4 is 34.6 Å². The molecular formula is C20H26N4O4S. The Morgan fingerprint density at radius 1 is 1.17 bits per heavy atom. The molecule has 4 amide bonds. The Morgan fingerprint density at radius 3 is 2.52 bits per heavy atom. The first-order valence-corrected chi connectivity index (χ1v) is 10.9. The molecule has 3 fully saturated rings. The van der Waals surface area contributed by atoms with Crippen LogP contribution in [0.25, 0.3) is 0 Å². The van der Waals surface area contributed by atoms with E-state index in [0.29, 0.717) is 36.8 Å². The minimum absolute atomic E-state index is 0.0246. The van der Waals surface area contributed by atoms with E-state index in [0.717, 1.165) is 25.8 Å². The van der Waals surface area contributed by atoms with Gasteiger partial charge in [-0.1, -0.05) is 23.9 Å². The van der Waals surface area contributed by atoms with Gasteiger partial charge in [0.05, 0.1) is 12.8 Å². The van der Waals surface area contributed by atoms with Crippen LogP contribution in [0.5, 0.6) is 5.75 Å². The number of carbonyl (C=O) groups is 3. The second-order valence-electron chi connectivity index (χ2n) is 7.92. The highest BCUT2D eigenvalue weighted by Crippen LogP contribution is 2.41. The summed E-state index contributed by atoms with van der Waals surface area (Å²) >= 11 is 1.17. The average Bonchev–Trinajstić information content (AvgIpc) is 3.35. The number of urea groups is 1. The molecule has 0 aliphatic carbocycles. The molecule has 0 bridgehead atoms. The molecule has 1 aromatic rings. The van der Waals surface area contributed by atoms with Crippen LogP contribution in [0.2, 0.25) is 0 Å². The van der Waals surface area contributed by atoms with Crippen LogP contribution >= 0.6 is 11.8 Å². The van der Waals surface area contributed by atoms with Gasteiger partial charge in [0.1, 0.15) is 11.8 Å². The number of benzene rings is 1. The predicted octanol–water partition coefficient (Wildman–Crippen LogP) is 2.37. The van der Waals surface area contributed by atoms with Gasteiger partial charge in [-0.2, -0.15) is 0 Å². The molecule has 1 aromatic carbocycles. The van der Waals surface area contributed by atoms with Gasteiger partial charge >= 0.3 is 6.03 Å². The number of nitrogens with zero attached hydrogens (tertiary/aromatic N) is 2. The van der Waals surface area contributed by atoms with Gasteiger partial charge in [-0.25, -0.2) is 4.79 Å². The summed E-state index contributed by atoms with van der Waals surface area (Å²) in [4.78, 5) is 40.4. The lowest BCUT2D eigenvalue weighted by Gasteiger charge is -2.39. The van der Waals surface area contributed by atoms with Crippen molar-refractivity contribution in [1.29, 1.82) is 0 Å². The van der Waals surface area contributed by atoms with Gasteiger partial charge in [0.2, 0.25) is 5.91 Å². The summed E-state index contributed by atoms with van der Waals surface area (Å²) in [7, 11) is 1.58. The van der Waals surface area contributed by atoms with Crippen molar-refractivity contribution in [2.24, 2.45) is 5.41 Å². The fourth-order valence-electron chi connectivity index (χ4n) is 4.40. The van der Waals surface area contributed by atoms with E-state index in [1.165, 1.54) is 11.8 Å². The molecule has 29 heavy (non-hydrogen) atoms. The van der Waals surface area contributed by atoms with Gasteiger partial charge < -0.3 is 25.2 Å². The van der Waals surface area contributed by atoms with E-state index in [1.807, 2.05) is 34.1 Å². The molecule has 1 spiro atoms. The van der Waals surface area contributed by atoms with Crippen LogP contribution < -0.4 is 15.4 Å². The number of rotatable bonds is 3. The molecule has 9 heteroatoms. The first-order valence-electron chi connectivity index (χ1n) is 9.91. The fraction of sp³-hybridized carbons (Fsp3) is 0.550. The van der Waals surface area contributed by atoms with Crippen LogP contribution in [0.15, 0.2) is 24.3 Å². The first-order chi connectivity index (χ1) is 14.0. The smallest absolute Gasteiger partial charge is 0.321 e. The Bertz CT molecular complexity index is 809. The largest absolute Gasteiger partial charge is 0.495 e. The monoisotopic (exact) mass is 418 g/mol. The highest BCUT2D eigenvalue weighted by Gasteiger charge is 2.44. The summed E-state index contributed by atoms with van der Waals surface area (Å²) in [5, 5.41) is 5.55. The van der Waals surface area contributed by atoms with E-state index >= 15 is 0 Å². The molecule has 3 aliphatic rings. The highest BCUT2D eigenvalue weighted by atomic mass is 32.2. The van der Waals surface area contributed by atoms with E-state index in [-0.39, 0.29) is 22.6 Å². The number of para-hydroxylation sites is 2. The first kappa shape index (κ1) is 19.9. The molecule has 0 radical (unpaired) electrons. The number of hydrogen-bond acceptors (Lipinski definition) is 5. The minimum Gasteiger partial charge on any atom is -0.495 e. The number of nitrogens with one attached hydrogen (secondary N) is 2. The Balaban J connectivity index is 1.30. The minimum atomic E-state index is -0.394. The number of methoxy groups -OCH3 is 1. The molecule has 0 saturated carbocycles. The van der Waals surface area contributed by atoms with E-state index in [1.54, 1.807) is 7.11 Å². The molecule has 3 aliphatic heterocycles. The van der Waals surface area contributed by atoms with Gasteiger partial charge in [0, 0.05) is 31.9 Å².